The van der Waals surface area contributed by atoms with Gasteiger partial charge >= 0.3 is 0 Å². The van der Waals surface area contributed by atoms with Gasteiger partial charge in [0.1, 0.15) is 11.8 Å². The summed E-state index contributed by atoms with van der Waals surface area (Å²) in [5.74, 6) is -0.180. The van der Waals surface area contributed by atoms with E-state index in [2.05, 4.69) is 4.98 Å². The fourth-order valence-electron chi connectivity index (χ4n) is 1.97. The topological polar surface area (TPSA) is 65.1 Å². The number of aromatic nitrogens is 2. The molecule has 0 bridgehead atoms. The zero-order valence-electron chi connectivity index (χ0n) is 10.2. The molecule has 3 rings (SSSR count). The van der Waals surface area contributed by atoms with Crippen LogP contribution in [0, 0.1) is 3.57 Å². The maximum absolute atomic E-state index is 12.3. The van der Waals surface area contributed by atoms with E-state index in [1.54, 1.807) is 6.07 Å². The van der Waals surface area contributed by atoms with Gasteiger partial charge in [0.25, 0.3) is 5.56 Å². The highest BCUT2D eigenvalue weighted by Gasteiger charge is 2.14. The molecule has 20 heavy (non-hydrogen) atoms. The van der Waals surface area contributed by atoms with Crippen molar-refractivity contribution in [2.75, 3.05) is 0 Å². The smallest absolute Gasteiger partial charge is 0.267 e. The first kappa shape index (κ1) is 13.0. The van der Waals surface area contributed by atoms with E-state index in [1.807, 2.05) is 40.8 Å². The van der Waals surface area contributed by atoms with Crippen molar-refractivity contribution in [2.45, 2.75) is 6.54 Å². The number of benzene rings is 1. The lowest BCUT2D eigenvalue weighted by atomic mass is 10.1. The van der Waals surface area contributed by atoms with Gasteiger partial charge in [-0.1, -0.05) is 18.2 Å². The number of rotatable bonds is 3. The second kappa shape index (κ2) is 5.20. The third-order valence-corrected chi connectivity index (χ3v) is 3.69. The van der Waals surface area contributed by atoms with Crippen LogP contribution in [-0.4, -0.2) is 15.3 Å². The summed E-state index contributed by atoms with van der Waals surface area (Å²) in [6, 6.07) is 7.30. The van der Waals surface area contributed by atoms with Gasteiger partial charge in [0.15, 0.2) is 5.78 Å². The highest BCUT2D eigenvalue weighted by molar-refractivity contribution is 14.1. The lowest BCUT2D eigenvalue weighted by Crippen LogP contribution is -2.26. The van der Waals surface area contributed by atoms with Crippen LogP contribution < -0.4 is 5.56 Å². The predicted octanol–water partition coefficient (Wildman–Crippen LogP) is 2.48. The molecule has 0 amide bonds. The van der Waals surface area contributed by atoms with Crippen molar-refractivity contribution in [3.63, 3.8) is 0 Å². The van der Waals surface area contributed by atoms with Crippen LogP contribution in [0.15, 0.2) is 52.3 Å². The van der Waals surface area contributed by atoms with Gasteiger partial charge < -0.3 is 4.42 Å². The normalized spacial score (nSPS) is 10.8. The molecule has 0 aliphatic heterocycles. The summed E-state index contributed by atoms with van der Waals surface area (Å²) in [4.78, 5) is 28.1. The Morgan fingerprint density at radius 2 is 2.15 bits per heavy atom. The monoisotopic (exact) mass is 380 g/mol. The molecule has 1 aromatic carbocycles. The van der Waals surface area contributed by atoms with Crippen molar-refractivity contribution in [1.29, 1.82) is 0 Å². The molecule has 3 aromatic rings. The number of nitrogens with zero attached hydrogens (tertiary/aromatic N) is 2. The number of furan rings is 1. The number of Topliss-reactive ketones (excluding diaryl/α,β-unsaturated/α-hetero) is 1. The minimum absolute atomic E-state index is 0.0494. The van der Waals surface area contributed by atoms with Gasteiger partial charge in [-0.15, -0.1) is 0 Å². The van der Waals surface area contributed by atoms with Gasteiger partial charge in [-0.05, 0) is 28.7 Å². The van der Waals surface area contributed by atoms with Crippen molar-refractivity contribution in [3.05, 3.63) is 62.5 Å². The van der Waals surface area contributed by atoms with Crippen molar-refractivity contribution >= 4 is 39.3 Å². The summed E-state index contributed by atoms with van der Waals surface area (Å²) >= 11 is 1.90. The van der Waals surface area contributed by atoms with E-state index in [-0.39, 0.29) is 17.9 Å². The molecule has 0 unspecified atom stereocenters. The Kier molecular flexibility index (Phi) is 3.39. The maximum Gasteiger partial charge on any atom is 0.267 e. The van der Waals surface area contributed by atoms with Crippen LogP contribution in [0.3, 0.4) is 0 Å². The molecule has 5 nitrogen and oxygen atoms in total. The fraction of sp³-hybridized carbons (Fsp3) is 0.0714. The van der Waals surface area contributed by atoms with Crippen LogP contribution in [0.5, 0.6) is 0 Å². The molecule has 2 heterocycles. The van der Waals surface area contributed by atoms with Crippen molar-refractivity contribution in [2.24, 2.45) is 0 Å². The van der Waals surface area contributed by atoms with Gasteiger partial charge in [-0.25, -0.2) is 4.98 Å². The lowest BCUT2D eigenvalue weighted by Gasteiger charge is -2.03. The Morgan fingerprint density at radius 3 is 3.00 bits per heavy atom. The third-order valence-electron chi connectivity index (χ3n) is 2.95. The zero-order chi connectivity index (χ0) is 14.1. The number of carbonyl (C=O) groups excluding carboxylic acids is 1. The Bertz CT molecular complexity index is 851. The summed E-state index contributed by atoms with van der Waals surface area (Å²) in [6.45, 7) is -0.0494. The number of carbonyl (C=O) groups is 1. The van der Waals surface area contributed by atoms with Crippen LogP contribution in [0.1, 0.15) is 10.4 Å². The number of ketones is 1. The minimum atomic E-state index is -0.221. The van der Waals surface area contributed by atoms with Crippen LogP contribution in [-0.2, 0) is 6.54 Å². The number of hydrogen-bond acceptors (Lipinski definition) is 4. The first-order chi connectivity index (χ1) is 9.66. The molecular weight excluding hydrogens is 371 g/mol. The Morgan fingerprint density at radius 1 is 1.35 bits per heavy atom. The molecule has 6 heteroatoms. The van der Waals surface area contributed by atoms with E-state index in [9.17, 15) is 9.59 Å². The van der Waals surface area contributed by atoms with Gasteiger partial charge in [0, 0.05) is 11.6 Å². The first-order valence-corrected chi connectivity index (χ1v) is 6.94. The Labute approximate surface area is 127 Å². The average molecular weight is 380 g/mol. The summed E-state index contributed by atoms with van der Waals surface area (Å²) in [5, 5.41) is 0.754. The van der Waals surface area contributed by atoms with Gasteiger partial charge in [-0.3, -0.25) is 14.2 Å². The number of para-hydroxylation sites is 1. The highest BCUT2D eigenvalue weighted by Crippen LogP contribution is 2.21. The van der Waals surface area contributed by atoms with Crippen LogP contribution in [0.25, 0.3) is 11.0 Å². The van der Waals surface area contributed by atoms with Crippen molar-refractivity contribution in [3.8, 4) is 0 Å². The Balaban J connectivity index is 1.97. The number of hydrogen-bond donors (Lipinski definition) is 0. The maximum atomic E-state index is 12.3. The van der Waals surface area contributed by atoms with E-state index < -0.39 is 0 Å². The van der Waals surface area contributed by atoms with Gasteiger partial charge in [-0.2, -0.15) is 0 Å². The molecular formula is C14H9IN2O3. The standard InChI is InChI=1S/C14H9IN2O3/c15-11-5-16-8-17(14(11)19)6-12(18)10-7-20-13-4-2-1-3-9(10)13/h1-5,7-8H,6H2. The predicted molar refractivity (Wildman–Crippen MR) is 81.8 cm³/mol. The van der Waals surface area contributed by atoms with Crippen molar-refractivity contribution in [1.82, 2.24) is 9.55 Å². The van der Waals surface area contributed by atoms with E-state index in [4.69, 9.17) is 4.42 Å². The average Bonchev–Trinajstić information content (AvgIpc) is 2.88. The molecule has 0 radical (unpaired) electrons. The molecule has 0 fully saturated rings. The molecule has 2 aromatic heterocycles. The largest absolute Gasteiger partial charge is 0.464 e. The molecule has 0 N–H and O–H groups in total. The number of fused-ring (bicyclic) bond motifs is 1. The van der Waals surface area contributed by atoms with Crippen LogP contribution in [0.2, 0.25) is 0 Å². The second-order valence-electron chi connectivity index (χ2n) is 4.24. The summed E-state index contributed by atoms with van der Waals surface area (Å²) in [7, 11) is 0. The first-order valence-electron chi connectivity index (χ1n) is 5.86. The lowest BCUT2D eigenvalue weighted by molar-refractivity contribution is 0.0971. The summed E-state index contributed by atoms with van der Waals surface area (Å²) in [6.07, 6.45) is 4.27. The van der Waals surface area contributed by atoms with Gasteiger partial charge in [0.05, 0.1) is 22.0 Å². The van der Waals surface area contributed by atoms with E-state index in [1.165, 1.54) is 23.4 Å². The highest BCUT2D eigenvalue weighted by atomic mass is 127. The van der Waals surface area contributed by atoms with E-state index in [0.29, 0.717) is 14.7 Å². The molecule has 0 aliphatic carbocycles. The van der Waals surface area contributed by atoms with Crippen molar-refractivity contribution < 1.29 is 9.21 Å². The summed E-state index contributed by atoms with van der Waals surface area (Å²) < 4.78 is 7.12. The summed E-state index contributed by atoms with van der Waals surface area (Å²) in [5.41, 5.74) is 0.914. The SMILES string of the molecule is O=C(Cn1cncc(I)c1=O)c1coc2ccccc12. The van der Waals surface area contributed by atoms with Crippen LogP contribution in [0.4, 0.5) is 0 Å². The number of halogens is 1. The minimum Gasteiger partial charge on any atom is -0.464 e. The molecule has 0 saturated heterocycles. The Hall–Kier alpha value is -1.96. The second-order valence-corrected chi connectivity index (χ2v) is 5.41. The fourth-order valence-corrected chi connectivity index (χ4v) is 2.44. The van der Waals surface area contributed by atoms with E-state index >= 15 is 0 Å². The van der Waals surface area contributed by atoms with Gasteiger partial charge in [0.2, 0.25) is 0 Å². The molecule has 100 valence electrons. The van der Waals surface area contributed by atoms with E-state index in [0.717, 1.165) is 5.39 Å². The zero-order valence-corrected chi connectivity index (χ0v) is 12.4. The third kappa shape index (κ3) is 2.26. The molecule has 0 atom stereocenters. The molecule has 0 saturated carbocycles. The molecule has 0 spiro atoms. The molecule has 0 aliphatic rings. The quantitative estimate of drug-likeness (QED) is 0.517. The van der Waals surface area contributed by atoms with Crippen LogP contribution >= 0.6 is 22.6 Å².